The number of aromatic nitrogens is 1. The molecule has 0 aliphatic rings. The number of methoxy groups -OCH3 is 1. The molecule has 0 N–H and O–H groups in total. The molecule has 0 aliphatic carbocycles. The summed E-state index contributed by atoms with van der Waals surface area (Å²) >= 11 is 1.41. The third-order valence-electron chi connectivity index (χ3n) is 4.40. The number of carbonyl (C=O) groups is 2. The van der Waals surface area contributed by atoms with Gasteiger partial charge in [-0.2, -0.15) is 0 Å². The average Bonchev–Trinajstić information content (AvgIpc) is 3.15. The highest BCUT2D eigenvalue weighted by Gasteiger charge is 2.15. The van der Waals surface area contributed by atoms with Crippen LogP contribution in [-0.2, 0) is 4.74 Å². The van der Waals surface area contributed by atoms with Crippen LogP contribution in [0.1, 0.15) is 34.9 Å². The molecule has 0 radical (unpaired) electrons. The van der Waals surface area contributed by atoms with Crippen molar-refractivity contribution in [3.05, 3.63) is 60.0 Å². The molecule has 0 saturated carbocycles. The van der Waals surface area contributed by atoms with Crippen LogP contribution >= 0.6 is 11.8 Å². The summed E-state index contributed by atoms with van der Waals surface area (Å²) in [6, 6.07) is 11.6. The standard InChI is InChI=1S/C22H22FNO4S/c1-3-28-22(26)18-13-16(23)7-9-20(18)29-12-4-5-21(25)24-11-10-15-6-8-17(27-2)14-19(15)24/h6-11,13-14H,3-5,12H2,1-2H3. The topological polar surface area (TPSA) is 57.5 Å². The Morgan fingerprint density at radius 3 is 2.72 bits per heavy atom. The monoisotopic (exact) mass is 415 g/mol. The Morgan fingerprint density at radius 1 is 1.14 bits per heavy atom. The predicted molar refractivity (Wildman–Crippen MR) is 111 cm³/mol. The number of nitrogens with zero attached hydrogens (tertiary/aromatic N) is 1. The number of esters is 1. The largest absolute Gasteiger partial charge is 0.497 e. The molecule has 0 unspecified atom stereocenters. The van der Waals surface area contributed by atoms with Crippen LogP contribution in [0.25, 0.3) is 10.9 Å². The molecule has 0 bridgehead atoms. The van der Waals surface area contributed by atoms with Crippen LogP contribution in [0.2, 0.25) is 0 Å². The summed E-state index contributed by atoms with van der Waals surface area (Å²) < 4.78 is 25.4. The van der Waals surface area contributed by atoms with E-state index in [1.54, 1.807) is 30.9 Å². The van der Waals surface area contributed by atoms with Crippen LogP contribution in [0.15, 0.2) is 53.6 Å². The maximum atomic E-state index is 13.5. The number of benzene rings is 2. The van der Waals surface area contributed by atoms with E-state index in [-0.39, 0.29) is 18.1 Å². The Hall–Kier alpha value is -2.80. The van der Waals surface area contributed by atoms with Crippen LogP contribution in [-0.4, -0.2) is 35.9 Å². The van der Waals surface area contributed by atoms with Crippen molar-refractivity contribution >= 4 is 34.5 Å². The van der Waals surface area contributed by atoms with E-state index in [4.69, 9.17) is 9.47 Å². The first kappa shape index (κ1) is 20.9. The number of hydrogen-bond donors (Lipinski definition) is 0. The summed E-state index contributed by atoms with van der Waals surface area (Å²) in [5, 5.41) is 0.971. The van der Waals surface area contributed by atoms with Gasteiger partial charge in [-0.25, -0.2) is 9.18 Å². The number of rotatable bonds is 8. The second-order valence-electron chi connectivity index (χ2n) is 6.32. The first-order valence-electron chi connectivity index (χ1n) is 9.31. The lowest BCUT2D eigenvalue weighted by atomic mass is 10.2. The fourth-order valence-electron chi connectivity index (χ4n) is 2.98. The maximum absolute atomic E-state index is 13.5. The van der Waals surface area contributed by atoms with Crippen molar-refractivity contribution in [1.82, 2.24) is 4.57 Å². The van der Waals surface area contributed by atoms with E-state index in [0.29, 0.717) is 29.2 Å². The maximum Gasteiger partial charge on any atom is 0.339 e. The van der Waals surface area contributed by atoms with Gasteiger partial charge in [0.15, 0.2) is 0 Å². The van der Waals surface area contributed by atoms with Crippen molar-refractivity contribution in [2.75, 3.05) is 19.5 Å². The normalized spacial score (nSPS) is 10.9. The second kappa shape index (κ2) is 9.60. The van der Waals surface area contributed by atoms with E-state index in [9.17, 15) is 14.0 Å². The zero-order chi connectivity index (χ0) is 20.8. The van der Waals surface area contributed by atoms with E-state index >= 15 is 0 Å². The molecule has 29 heavy (non-hydrogen) atoms. The quantitative estimate of drug-likeness (QED) is 0.288. The Kier molecular flexibility index (Phi) is 6.93. The predicted octanol–water partition coefficient (Wildman–Crippen LogP) is 5.18. The summed E-state index contributed by atoms with van der Waals surface area (Å²) in [6.07, 6.45) is 2.73. The summed E-state index contributed by atoms with van der Waals surface area (Å²) in [6.45, 7) is 1.93. The fourth-order valence-corrected chi connectivity index (χ4v) is 3.95. The smallest absolute Gasteiger partial charge is 0.339 e. The Morgan fingerprint density at radius 2 is 1.97 bits per heavy atom. The van der Waals surface area contributed by atoms with Crippen LogP contribution in [0, 0.1) is 5.82 Å². The molecule has 0 atom stereocenters. The van der Waals surface area contributed by atoms with E-state index in [1.807, 2.05) is 24.3 Å². The zero-order valence-electron chi connectivity index (χ0n) is 16.3. The molecular weight excluding hydrogens is 393 g/mol. The zero-order valence-corrected chi connectivity index (χ0v) is 17.1. The molecule has 0 amide bonds. The molecule has 2 aromatic carbocycles. The van der Waals surface area contributed by atoms with E-state index in [0.717, 1.165) is 10.9 Å². The van der Waals surface area contributed by atoms with Crippen LogP contribution in [0.5, 0.6) is 5.75 Å². The highest BCUT2D eigenvalue weighted by atomic mass is 32.2. The first-order chi connectivity index (χ1) is 14.0. The van der Waals surface area contributed by atoms with Gasteiger partial charge in [0.25, 0.3) is 0 Å². The number of thioether (sulfide) groups is 1. The Labute approximate surface area is 172 Å². The molecule has 152 valence electrons. The number of fused-ring (bicyclic) bond motifs is 1. The van der Waals surface area contributed by atoms with Crippen molar-refractivity contribution in [2.24, 2.45) is 0 Å². The third-order valence-corrected chi connectivity index (χ3v) is 5.56. The van der Waals surface area contributed by atoms with Crippen molar-refractivity contribution in [3.8, 4) is 5.75 Å². The molecule has 0 saturated heterocycles. The van der Waals surface area contributed by atoms with Crippen LogP contribution in [0.4, 0.5) is 4.39 Å². The number of ether oxygens (including phenoxy) is 2. The molecule has 5 nitrogen and oxygen atoms in total. The minimum atomic E-state index is -0.543. The lowest BCUT2D eigenvalue weighted by molar-refractivity contribution is 0.0521. The van der Waals surface area contributed by atoms with Crippen molar-refractivity contribution in [2.45, 2.75) is 24.7 Å². The van der Waals surface area contributed by atoms with Crippen molar-refractivity contribution < 1.29 is 23.5 Å². The molecule has 0 aliphatic heterocycles. The summed E-state index contributed by atoms with van der Waals surface area (Å²) in [5.74, 6) is 0.273. The van der Waals surface area contributed by atoms with Gasteiger partial charge in [-0.05, 0) is 55.5 Å². The molecular formula is C22H22FNO4S. The van der Waals surface area contributed by atoms with E-state index < -0.39 is 11.8 Å². The van der Waals surface area contributed by atoms with Crippen LogP contribution < -0.4 is 4.74 Å². The first-order valence-corrected chi connectivity index (χ1v) is 10.3. The fraction of sp³-hybridized carbons (Fsp3) is 0.273. The minimum absolute atomic E-state index is 0.0152. The van der Waals surface area contributed by atoms with Gasteiger partial charge in [0, 0.05) is 29.0 Å². The van der Waals surface area contributed by atoms with Gasteiger partial charge in [0.1, 0.15) is 11.6 Å². The number of carbonyl (C=O) groups excluding carboxylic acids is 2. The molecule has 3 aromatic rings. The summed E-state index contributed by atoms with van der Waals surface area (Å²) in [4.78, 5) is 25.3. The average molecular weight is 415 g/mol. The van der Waals surface area contributed by atoms with Gasteiger partial charge in [-0.15, -0.1) is 11.8 Å². The third kappa shape index (κ3) is 4.98. The highest BCUT2D eigenvalue weighted by molar-refractivity contribution is 7.99. The van der Waals surface area contributed by atoms with Crippen molar-refractivity contribution in [3.63, 3.8) is 0 Å². The minimum Gasteiger partial charge on any atom is -0.497 e. The Balaban J connectivity index is 1.61. The second-order valence-corrected chi connectivity index (χ2v) is 7.45. The molecule has 1 heterocycles. The summed E-state index contributed by atoms with van der Waals surface area (Å²) in [5.41, 5.74) is 1.02. The number of halogens is 1. The molecule has 0 spiro atoms. The summed E-state index contributed by atoms with van der Waals surface area (Å²) in [7, 11) is 1.59. The van der Waals surface area contributed by atoms with Gasteiger partial charge in [-0.3, -0.25) is 9.36 Å². The van der Waals surface area contributed by atoms with Gasteiger partial charge in [0.05, 0.1) is 24.8 Å². The lowest BCUT2D eigenvalue weighted by Gasteiger charge is -2.09. The van der Waals surface area contributed by atoms with Crippen molar-refractivity contribution in [1.29, 1.82) is 0 Å². The van der Waals surface area contributed by atoms with E-state index in [1.165, 1.54) is 23.9 Å². The van der Waals surface area contributed by atoms with Crippen LogP contribution in [0.3, 0.4) is 0 Å². The molecule has 0 fully saturated rings. The van der Waals surface area contributed by atoms with Gasteiger partial charge in [0.2, 0.25) is 5.91 Å². The molecule has 7 heteroatoms. The lowest BCUT2D eigenvalue weighted by Crippen LogP contribution is -2.09. The highest BCUT2D eigenvalue weighted by Crippen LogP contribution is 2.26. The van der Waals surface area contributed by atoms with Gasteiger partial charge < -0.3 is 9.47 Å². The Bertz CT molecular complexity index is 1030. The van der Waals surface area contributed by atoms with E-state index in [2.05, 4.69) is 0 Å². The number of hydrogen-bond acceptors (Lipinski definition) is 5. The molecule has 1 aromatic heterocycles. The van der Waals surface area contributed by atoms with Gasteiger partial charge in [-0.1, -0.05) is 0 Å². The SMILES string of the molecule is CCOC(=O)c1cc(F)ccc1SCCCC(=O)n1ccc2ccc(OC)cc21. The molecule has 3 rings (SSSR count). The van der Waals surface area contributed by atoms with Gasteiger partial charge >= 0.3 is 5.97 Å².